The highest BCUT2D eigenvalue weighted by atomic mass is 19.1. The quantitative estimate of drug-likeness (QED) is 0.105. The van der Waals surface area contributed by atoms with Gasteiger partial charge in [0, 0.05) is 87.0 Å². The third-order valence-electron chi connectivity index (χ3n) is 11.6. The molecule has 2 aliphatic rings. The molecule has 2 aliphatic heterocycles. The Morgan fingerprint density at radius 1 is 0.600 bits per heavy atom. The van der Waals surface area contributed by atoms with Crippen molar-refractivity contribution in [3.05, 3.63) is 139 Å². The molecule has 342 valence electrons. The Morgan fingerprint density at radius 2 is 0.969 bits per heavy atom. The van der Waals surface area contributed by atoms with E-state index >= 15 is 0 Å². The van der Waals surface area contributed by atoms with Crippen molar-refractivity contribution in [3.63, 3.8) is 0 Å². The van der Waals surface area contributed by atoms with Crippen LogP contribution in [0.3, 0.4) is 0 Å². The van der Waals surface area contributed by atoms with E-state index in [4.69, 9.17) is 23.0 Å². The predicted octanol–water partition coefficient (Wildman–Crippen LogP) is 7.70. The lowest BCUT2D eigenvalue weighted by Crippen LogP contribution is -2.36. The number of anilines is 4. The first-order valence-electron chi connectivity index (χ1n) is 20.6. The van der Waals surface area contributed by atoms with Crippen LogP contribution in [0.1, 0.15) is 57.8 Å². The summed E-state index contributed by atoms with van der Waals surface area (Å²) in [4.78, 5) is 57.0. The third-order valence-corrected chi connectivity index (χ3v) is 11.6. The topological polar surface area (TPSA) is 155 Å². The average Bonchev–Trinajstić information content (AvgIpc) is 3.29. The molecule has 2 saturated heterocycles. The number of halogens is 4. The van der Waals surface area contributed by atoms with Gasteiger partial charge >= 0.3 is 11.9 Å². The van der Waals surface area contributed by atoms with Crippen LogP contribution in [0, 0.1) is 23.3 Å². The molecule has 1 N–H and O–H groups in total. The highest BCUT2D eigenvalue weighted by Gasteiger charge is 2.26. The van der Waals surface area contributed by atoms with Crippen LogP contribution < -0.4 is 30.5 Å². The number of carboxylic acid groups (broad SMARTS) is 1. The van der Waals surface area contributed by atoms with Crippen molar-refractivity contribution < 1.29 is 55.3 Å². The molecule has 14 nitrogen and oxygen atoms in total. The van der Waals surface area contributed by atoms with E-state index in [2.05, 4.69) is 0 Å². The first kappa shape index (κ1) is 46.1. The van der Waals surface area contributed by atoms with Crippen molar-refractivity contribution in [2.24, 2.45) is 0 Å². The molecule has 2 fully saturated rings. The zero-order chi connectivity index (χ0) is 46.7. The van der Waals surface area contributed by atoms with Crippen LogP contribution in [0.15, 0.2) is 91.2 Å². The molecule has 65 heavy (non-hydrogen) atoms. The van der Waals surface area contributed by atoms with E-state index in [1.807, 2.05) is 9.80 Å². The zero-order valence-corrected chi connectivity index (χ0v) is 36.2. The van der Waals surface area contributed by atoms with Crippen molar-refractivity contribution in [2.45, 2.75) is 25.9 Å². The van der Waals surface area contributed by atoms with E-state index in [-0.39, 0.29) is 44.0 Å². The summed E-state index contributed by atoms with van der Waals surface area (Å²) in [6, 6.07) is 13.7. The minimum absolute atomic E-state index is 0.0791. The second-order valence-corrected chi connectivity index (χ2v) is 15.6. The summed E-state index contributed by atoms with van der Waals surface area (Å²) in [6.07, 6.45) is 0. The molecular weight excluding hydrogens is 857 g/mol. The number of hydrogen-bond donors (Lipinski definition) is 1. The van der Waals surface area contributed by atoms with Crippen molar-refractivity contribution in [2.75, 3.05) is 93.4 Å². The number of carbonyl (C=O) groups excluding carboxylic acids is 1. The number of rotatable bonds is 10. The number of fused-ring (bicyclic) bond motifs is 2. The Hall–Kier alpha value is -6.92. The van der Waals surface area contributed by atoms with Gasteiger partial charge in [-0.1, -0.05) is 0 Å². The predicted molar refractivity (Wildman–Crippen MR) is 236 cm³/mol. The number of esters is 1. The smallest absolute Gasteiger partial charge is 0.337 e. The van der Waals surface area contributed by atoms with Crippen LogP contribution in [0.5, 0.6) is 0 Å². The Balaban J connectivity index is 0.000000194. The van der Waals surface area contributed by atoms with E-state index < -0.39 is 47.3 Å². The largest absolute Gasteiger partial charge is 0.478 e. The maximum absolute atomic E-state index is 13.8. The second-order valence-electron chi connectivity index (χ2n) is 15.6. The highest BCUT2D eigenvalue weighted by Crippen LogP contribution is 2.35. The zero-order valence-electron chi connectivity index (χ0n) is 36.2. The van der Waals surface area contributed by atoms with Gasteiger partial charge in [0.1, 0.15) is 34.4 Å². The lowest BCUT2D eigenvalue weighted by atomic mass is 9.99. The van der Waals surface area contributed by atoms with E-state index in [0.717, 1.165) is 12.1 Å². The monoisotopic (exact) mass is 902 g/mol. The van der Waals surface area contributed by atoms with E-state index in [1.165, 1.54) is 61.7 Å². The van der Waals surface area contributed by atoms with Gasteiger partial charge in [0.15, 0.2) is 22.6 Å². The third kappa shape index (κ3) is 10.1. The Bertz CT molecular complexity index is 2840. The molecule has 0 aliphatic carbocycles. The van der Waals surface area contributed by atoms with Crippen LogP contribution in [0.25, 0.3) is 21.9 Å². The molecule has 2 aromatic heterocycles. The number of carboxylic acids is 1. The number of nitrogens with zero attached hydrogens (tertiary/aromatic N) is 4. The first-order valence-corrected chi connectivity index (χ1v) is 20.6. The molecule has 8 rings (SSSR count). The second kappa shape index (κ2) is 19.4. The van der Waals surface area contributed by atoms with Gasteiger partial charge in [0.2, 0.25) is 0 Å². The van der Waals surface area contributed by atoms with Crippen LogP contribution in [-0.4, -0.2) is 90.9 Å². The van der Waals surface area contributed by atoms with Gasteiger partial charge in [-0.3, -0.25) is 9.59 Å². The van der Waals surface area contributed by atoms with E-state index in [9.17, 15) is 41.8 Å². The minimum atomic E-state index is -1.20. The Labute approximate surface area is 369 Å². The van der Waals surface area contributed by atoms with Crippen LogP contribution in [0.2, 0.25) is 0 Å². The van der Waals surface area contributed by atoms with Crippen LogP contribution in [-0.2, 0) is 14.2 Å². The number of hydrogen-bond acceptors (Lipinski definition) is 13. The highest BCUT2D eigenvalue weighted by molar-refractivity contribution is 5.96. The SMILES string of the molecule is CC(c1cc(C(=O)O)cc2c(=O)cc(N3CCOCC3)oc12)N(C)c1cc(F)cc(F)c1.COC(=O)c1cc(C(C)N(C)c2cc(F)cc(F)c2)c2oc(N3CCOCC3)cc(=O)c2c1. The minimum Gasteiger partial charge on any atom is -0.478 e. The summed E-state index contributed by atoms with van der Waals surface area (Å²) in [6.45, 7) is 7.80. The van der Waals surface area contributed by atoms with Crippen molar-refractivity contribution >= 4 is 57.0 Å². The molecule has 0 radical (unpaired) electrons. The number of benzene rings is 4. The Kier molecular flexibility index (Phi) is 13.8. The normalized spacial score (nSPS) is 15.0. The maximum Gasteiger partial charge on any atom is 0.337 e. The molecule has 2 unspecified atom stereocenters. The van der Waals surface area contributed by atoms with Crippen LogP contribution in [0.4, 0.5) is 40.7 Å². The molecule has 18 heteroatoms. The maximum atomic E-state index is 13.8. The summed E-state index contributed by atoms with van der Waals surface area (Å²) < 4.78 is 83.1. The van der Waals surface area contributed by atoms with Gasteiger partial charge in [-0.25, -0.2) is 27.2 Å². The molecule has 0 bridgehead atoms. The number of carbonyl (C=O) groups is 2. The molecule has 4 aromatic carbocycles. The van der Waals surface area contributed by atoms with Gasteiger partial charge < -0.3 is 47.8 Å². The molecule has 0 amide bonds. The van der Waals surface area contributed by atoms with Crippen molar-refractivity contribution in [3.8, 4) is 0 Å². The van der Waals surface area contributed by atoms with Gasteiger partial charge in [0.05, 0.1) is 67.5 Å². The summed E-state index contributed by atoms with van der Waals surface area (Å²) in [7, 11) is 4.54. The fourth-order valence-electron chi connectivity index (χ4n) is 7.75. The first-order chi connectivity index (χ1) is 31.0. The summed E-state index contributed by atoms with van der Waals surface area (Å²) in [5, 5.41) is 9.91. The fourth-order valence-corrected chi connectivity index (χ4v) is 7.75. The number of ether oxygens (including phenoxy) is 3. The molecular formula is C47H46F4N4O10. The number of methoxy groups -OCH3 is 1. The molecule has 4 heterocycles. The van der Waals surface area contributed by atoms with E-state index in [0.29, 0.717) is 86.8 Å². The van der Waals surface area contributed by atoms with Crippen molar-refractivity contribution in [1.29, 1.82) is 0 Å². The van der Waals surface area contributed by atoms with Crippen LogP contribution >= 0.6 is 0 Å². The molecule has 2 atom stereocenters. The Morgan fingerprint density at radius 3 is 1.34 bits per heavy atom. The lowest BCUT2D eigenvalue weighted by molar-refractivity contribution is 0.0599. The molecule has 0 spiro atoms. The summed E-state index contributed by atoms with van der Waals surface area (Å²) in [5.74, 6) is -3.93. The molecule has 6 aromatic rings. The van der Waals surface area contributed by atoms with Crippen molar-refractivity contribution in [1.82, 2.24) is 0 Å². The standard InChI is InChI=1S/C24H24F2N2O5.C23H22F2N2O5/c1-14(27(2)18-11-16(25)10-17(26)12-18)19-8-15(24(30)31-3)9-20-21(29)13-22(33-23(19)20)28-4-6-32-7-5-28;1-13(26(2)17-10-15(24)9-16(25)11-17)18-7-14(23(29)30)8-19-20(28)12-21(32-22(18)19)27-3-5-31-6-4-27/h8-14H,4-7H2,1-3H3;7-13H,3-6H2,1-2H3,(H,29,30). The lowest BCUT2D eigenvalue weighted by Gasteiger charge is -2.29. The number of morpholine rings is 2. The van der Waals surface area contributed by atoms with Gasteiger partial charge in [-0.05, 0) is 62.4 Å². The molecule has 0 saturated carbocycles. The van der Waals surface area contributed by atoms with Gasteiger partial charge in [0.25, 0.3) is 0 Å². The number of aromatic carboxylic acids is 1. The average molecular weight is 903 g/mol. The van der Waals surface area contributed by atoms with E-state index in [1.54, 1.807) is 43.8 Å². The summed E-state index contributed by atoms with van der Waals surface area (Å²) in [5.41, 5.74) is 1.43. The summed E-state index contributed by atoms with van der Waals surface area (Å²) >= 11 is 0. The fraction of sp³-hybridized carbons (Fsp3) is 0.319. The van der Waals surface area contributed by atoms with Gasteiger partial charge in [-0.15, -0.1) is 0 Å². The van der Waals surface area contributed by atoms with Gasteiger partial charge in [-0.2, -0.15) is 0 Å².